The number of rotatable bonds is 6. The summed E-state index contributed by atoms with van der Waals surface area (Å²) in [7, 11) is 0. The minimum absolute atomic E-state index is 0.173. The molecule has 2 heterocycles. The van der Waals surface area contributed by atoms with E-state index < -0.39 is 0 Å². The minimum atomic E-state index is -0.173. The van der Waals surface area contributed by atoms with Gasteiger partial charge in [-0.25, -0.2) is 0 Å². The third-order valence-electron chi connectivity index (χ3n) is 5.71. The number of carbonyl (C=O) groups is 1. The third kappa shape index (κ3) is 5.00. The Hall–Kier alpha value is -2.18. The highest BCUT2D eigenvalue weighted by atomic mass is 16.5. The fourth-order valence-corrected chi connectivity index (χ4v) is 4.10. The Labute approximate surface area is 166 Å². The van der Waals surface area contributed by atoms with Gasteiger partial charge in [0.1, 0.15) is 0 Å². The minimum Gasteiger partial charge on any atom is -0.374 e. The second-order valence-corrected chi connectivity index (χ2v) is 7.91. The number of anilines is 1. The summed E-state index contributed by atoms with van der Waals surface area (Å²) in [6.07, 6.45) is 10.7. The van der Waals surface area contributed by atoms with Gasteiger partial charge in [-0.05, 0) is 56.0 Å². The number of hydrogen-bond donors (Lipinski definition) is 2. The summed E-state index contributed by atoms with van der Waals surface area (Å²) in [4.78, 5) is 12.6. The molecule has 0 bridgehead atoms. The molecule has 0 spiro atoms. The molecule has 1 amide bonds. The number of ether oxygens (including phenoxy) is 1. The van der Waals surface area contributed by atoms with Gasteiger partial charge in [-0.3, -0.25) is 9.48 Å². The summed E-state index contributed by atoms with van der Waals surface area (Å²) in [6, 6.07) is 10.0. The topological polar surface area (TPSA) is 68.2 Å². The molecule has 1 aromatic carbocycles. The number of aromatic nitrogens is 2. The number of nitrogens with zero attached hydrogens (tertiary/aromatic N) is 2. The molecule has 1 unspecified atom stereocenters. The highest BCUT2D eigenvalue weighted by Crippen LogP contribution is 2.22. The van der Waals surface area contributed by atoms with Gasteiger partial charge in [-0.1, -0.05) is 31.4 Å². The fourth-order valence-electron chi connectivity index (χ4n) is 4.10. The number of benzene rings is 1. The Kier molecular flexibility index (Phi) is 6.39. The maximum atomic E-state index is 12.6. The van der Waals surface area contributed by atoms with Crippen molar-refractivity contribution in [1.82, 2.24) is 15.1 Å². The van der Waals surface area contributed by atoms with Gasteiger partial charge in [0, 0.05) is 18.4 Å². The second kappa shape index (κ2) is 9.34. The van der Waals surface area contributed by atoms with Gasteiger partial charge in [0.2, 0.25) is 0 Å². The molecule has 150 valence electrons. The van der Waals surface area contributed by atoms with Crippen molar-refractivity contribution in [3.05, 3.63) is 47.8 Å². The number of nitrogens with one attached hydrogen (secondary N) is 2. The summed E-state index contributed by atoms with van der Waals surface area (Å²) in [5, 5.41) is 10.8. The van der Waals surface area contributed by atoms with Crippen LogP contribution in [-0.2, 0) is 11.3 Å². The lowest BCUT2D eigenvalue weighted by molar-refractivity contribution is 0.0169. The lowest BCUT2D eigenvalue weighted by atomic mass is 9.98. The van der Waals surface area contributed by atoms with Gasteiger partial charge in [0.25, 0.3) is 5.91 Å². The van der Waals surface area contributed by atoms with Gasteiger partial charge >= 0.3 is 0 Å². The van der Waals surface area contributed by atoms with E-state index in [1.165, 1.54) is 19.3 Å². The molecule has 1 saturated carbocycles. The zero-order chi connectivity index (χ0) is 19.2. The average Bonchev–Trinajstić information content (AvgIpc) is 3.25. The molecule has 4 rings (SSSR count). The molecule has 1 aromatic heterocycles. The smallest absolute Gasteiger partial charge is 0.276 e. The normalized spacial score (nSPS) is 20.8. The predicted molar refractivity (Wildman–Crippen MR) is 109 cm³/mol. The lowest BCUT2D eigenvalue weighted by Gasteiger charge is -2.22. The molecule has 1 aliphatic heterocycles. The van der Waals surface area contributed by atoms with Crippen LogP contribution in [0.15, 0.2) is 36.5 Å². The number of piperidine rings is 1. The van der Waals surface area contributed by atoms with Crippen LogP contribution in [0.1, 0.15) is 67.0 Å². The molecule has 2 aliphatic rings. The first-order valence-electron chi connectivity index (χ1n) is 10.6. The lowest BCUT2D eigenvalue weighted by Crippen LogP contribution is -2.32. The maximum Gasteiger partial charge on any atom is 0.276 e. The number of amides is 1. The van der Waals surface area contributed by atoms with Gasteiger partial charge in [-0.15, -0.1) is 0 Å². The van der Waals surface area contributed by atoms with Crippen molar-refractivity contribution in [3.8, 4) is 0 Å². The summed E-state index contributed by atoms with van der Waals surface area (Å²) >= 11 is 0. The van der Waals surface area contributed by atoms with E-state index in [1.807, 2.05) is 35.1 Å². The molecular weight excluding hydrogens is 352 g/mol. The van der Waals surface area contributed by atoms with E-state index in [0.29, 0.717) is 24.4 Å². The van der Waals surface area contributed by atoms with Crippen LogP contribution in [0.4, 0.5) is 5.69 Å². The molecule has 1 saturated heterocycles. The Bertz CT molecular complexity index is 776. The maximum absolute atomic E-state index is 12.6. The van der Waals surface area contributed by atoms with E-state index in [2.05, 4.69) is 15.7 Å². The number of hydrogen-bond acceptors (Lipinski definition) is 4. The highest BCUT2D eigenvalue weighted by Gasteiger charge is 2.18. The Morgan fingerprint density at radius 3 is 2.89 bits per heavy atom. The zero-order valence-electron chi connectivity index (χ0n) is 16.4. The van der Waals surface area contributed by atoms with E-state index >= 15 is 0 Å². The van der Waals surface area contributed by atoms with Gasteiger partial charge in [0.05, 0.1) is 18.8 Å². The first kappa shape index (κ1) is 19.2. The Morgan fingerprint density at radius 1 is 1.18 bits per heavy atom. The first-order chi connectivity index (χ1) is 13.8. The molecule has 2 fully saturated rings. The predicted octanol–water partition coefficient (Wildman–Crippen LogP) is 3.91. The van der Waals surface area contributed by atoms with Crippen LogP contribution in [0.3, 0.4) is 0 Å². The molecule has 6 nitrogen and oxygen atoms in total. The summed E-state index contributed by atoms with van der Waals surface area (Å²) in [5.74, 6) is -0.173. The van der Waals surface area contributed by atoms with Crippen molar-refractivity contribution < 1.29 is 9.53 Å². The van der Waals surface area contributed by atoms with E-state index in [9.17, 15) is 4.79 Å². The Balaban J connectivity index is 1.33. The van der Waals surface area contributed by atoms with Crippen molar-refractivity contribution in [1.29, 1.82) is 0 Å². The van der Waals surface area contributed by atoms with Crippen molar-refractivity contribution in [2.24, 2.45) is 0 Å². The largest absolute Gasteiger partial charge is 0.374 e. The monoisotopic (exact) mass is 382 g/mol. The van der Waals surface area contributed by atoms with E-state index in [1.54, 1.807) is 6.07 Å². The fraction of sp³-hybridized carbons (Fsp3) is 0.545. The van der Waals surface area contributed by atoms with Crippen molar-refractivity contribution >= 4 is 11.6 Å². The van der Waals surface area contributed by atoms with Crippen LogP contribution in [0.2, 0.25) is 0 Å². The van der Waals surface area contributed by atoms with E-state index in [4.69, 9.17) is 4.74 Å². The van der Waals surface area contributed by atoms with E-state index in [-0.39, 0.29) is 5.91 Å². The molecular formula is C22H30N4O2. The molecule has 28 heavy (non-hydrogen) atoms. The SMILES string of the molecule is O=C(Nc1cccc(COC2CCCCC2)c1)c1ccn(C2CCCNC2)n1. The summed E-state index contributed by atoms with van der Waals surface area (Å²) in [6.45, 7) is 2.56. The first-order valence-corrected chi connectivity index (χ1v) is 10.6. The Morgan fingerprint density at radius 2 is 2.07 bits per heavy atom. The van der Waals surface area contributed by atoms with Gasteiger partial charge in [-0.2, -0.15) is 5.10 Å². The molecule has 2 N–H and O–H groups in total. The van der Waals surface area contributed by atoms with Crippen LogP contribution in [-0.4, -0.2) is 34.9 Å². The molecule has 1 aliphatic carbocycles. The standard InChI is InChI=1S/C22H30N4O2/c27-22(21-11-13-26(25-21)19-8-5-12-23-15-19)24-18-7-4-6-17(14-18)16-28-20-9-2-1-3-10-20/h4,6-7,11,13-14,19-20,23H,1-3,5,8-10,12,15-16H2,(H,24,27). The van der Waals surface area contributed by atoms with Crippen LogP contribution in [0, 0.1) is 0 Å². The summed E-state index contributed by atoms with van der Waals surface area (Å²) < 4.78 is 7.96. The highest BCUT2D eigenvalue weighted by molar-refractivity contribution is 6.02. The average molecular weight is 383 g/mol. The molecule has 6 heteroatoms. The molecule has 0 radical (unpaired) electrons. The number of carbonyl (C=O) groups excluding carboxylic acids is 1. The third-order valence-corrected chi connectivity index (χ3v) is 5.71. The van der Waals surface area contributed by atoms with Crippen LogP contribution >= 0.6 is 0 Å². The van der Waals surface area contributed by atoms with Gasteiger partial charge in [0.15, 0.2) is 5.69 Å². The quantitative estimate of drug-likeness (QED) is 0.795. The van der Waals surface area contributed by atoms with Crippen LogP contribution < -0.4 is 10.6 Å². The van der Waals surface area contributed by atoms with Gasteiger partial charge < -0.3 is 15.4 Å². The summed E-state index contributed by atoms with van der Waals surface area (Å²) in [5.41, 5.74) is 2.32. The molecule has 1 atom stereocenters. The van der Waals surface area contributed by atoms with E-state index in [0.717, 1.165) is 50.0 Å². The van der Waals surface area contributed by atoms with Crippen molar-refractivity contribution in [3.63, 3.8) is 0 Å². The second-order valence-electron chi connectivity index (χ2n) is 7.91. The zero-order valence-corrected chi connectivity index (χ0v) is 16.4. The molecule has 2 aromatic rings. The van der Waals surface area contributed by atoms with Crippen molar-refractivity contribution in [2.75, 3.05) is 18.4 Å². The van der Waals surface area contributed by atoms with Crippen LogP contribution in [0.5, 0.6) is 0 Å². The van der Waals surface area contributed by atoms with Crippen LogP contribution in [0.25, 0.3) is 0 Å². The van der Waals surface area contributed by atoms with Crippen molar-refractivity contribution in [2.45, 2.75) is 63.7 Å².